The highest BCUT2D eigenvalue weighted by molar-refractivity contribution is 6.36. The Kier molecular flexibility index (Phi) is 4.38. The van der Waals surface area contributed by atoms with Crippen molar-refractivity contribution in [2.75, 3.05) is 0 Å². The summed E-state index contributed by atoms with van der Waals surface area (Å²) >= 11 is 12.1. The molecule has 0 amide bonds. The minimum Gasteiger partial charge on any atom is -0.298 e. The molecule has 2 nitrogen and oxygen atoms in total. The molecule has 4 heteroatoms. The first-order chi connectivity index (χ1) is 9.56. The Hall–Kier alpha value is -1.90. The number of allylic oxidation sites excluding steroid dienone is 1. The van der Waals surface area contributed by atoms with Crippen molar-refractivity contribution in [1.82, 2.24) is 4.98 Å². The summed E-state index contributed by atoms with van der Waals surface area (Å²) in [6, 6.07) is 6.73. The Morgan fingerprint density at radius 1 is 1.20 bits per heavy atom. The van der Waals surface area contributed by atoms with Crippen LogP contribution in [0.3, 0.4) is 0 Å². The van der Waals surface area contributed by atoms with E-state index in [2.05, 4.69) is 18.1 Å². The molecule has 1 aromatic heterocycles. The van der Waals surface area contributed by atoms with Crippen LogP contribution in [0.25, 0.3) is 23.9 Å². The lowest BCUT2D eigenvalue weighted by Crippen LogP contribution is -2.28. The van der Waals surface area contributed by atoms with E-state index in [1.807, 2.05) is 0 Å². The van der Waals surface area contributed by atoms with Crippen molar-refractivity contribution in [3.05, 3.63) is 63.1 Å². The van der Waals surface area contributed by atoms with Crippen LogP contribution in [-0.2, 0) is 0 Å². The number of hydrogen-bond acceptors (Lipinski definition) is 2. The van der Waals surface area contributed by atoms with Gasteiger partial charge < -0.3 is 0 Å². The van der Waals surface area contributed by atoms with E-state index in [1.165, 1.54) is 0 Å². The summed E-state index contributed by atoms with van der Waals surface area (Å²) in [7, 11) is 0. The molecular formula is C16H11Cl2NO. The third-order valence-corrected chi connectivity index (χ3v) is 3.30. The molecular weight excluding hydrogens is 293 g/mol. The Labute approximate surface area is 126 Å². The average molecular weight is 304 g/mol. The molecule has 2 rings (SSSR count). The summed E-state index contributed by atoms with van der Waals surface area (Å²) in [5, 5.41) is 2.26. The molecule has 0 saturated carbocycles. The highest BCUT2D eigenvalue weighted by atomic mass is 35.5. The van der Waals surface area contributed by atoms with Gasteiger partial charge in [-0.05, 0) is 35.6 Å². The molecule has 0 fully saturated rings. The number of nitrogens with zero attached hydrogens (tertiary/aromatic N) is 1. The second-order valence-corrected chi connectivity index (χ2v) is 4.96. The van der Waals surface area contributed by atoms with E-state index in [4.69, 9.17) is 23.2 Å². The molecule has 0 aliphatic carbocycles. The Morgan fingerprint density at radius 2 is 1.95 bits per heavy atom. The van der Waals surface area contributed by atoms with Gasteiger partial charge in [-0.3, -0.25) is 4.79 Å². The van der Waals surface area contributed by atoms with Gasteiger partial charge in [-0.15, -0.1) is 0 Å². The van der Waals surface area contributed by atoms with Crippen molar-refractivity contribution in [3.63, 3.8) is 0 Å². The molecule has 0 saturated heterocycles. The highest BCUT2D eigenvalue weighted by Crippen LogP contribution is 2.29. The van der Waals surface area contributed by atoms with Crippen LogP contribution >= 0.6 is 23.2 Å². The third-order valence-electron chi connectivity index (χ3n) is 2.75. The number of carbonyl (C=O) groups is 1. The Bertz CT molecular complexity index is 797. The molecule has 1 aromatic carbocycles. The maximum absolute atomic E-state index is 11.2. The number of aromatic nitrogens is 1. The number of pyridine rings is 1. The van der Waals surface area contributed by atoms with Gasteiger partial charge in [0.2, 0.25) is 0 Å². The topological polar surface area (TPSA) is 30.0 Å². The maximum Gasteiger partial charge on any atom is 0.152 e. The van der Waals surface area contributed by atoms with Crippen molar-refractivity contribution in [3.8, 4) is 11.3 Å². The van der Waals surface area contributed by atoms with Crippen LogP contribution in [0.2, 0.25) is 10.0 Å². The van der Waals surface area contributed by atoms with Crippen molar-refractivity contribution >= 4 is 42.1 Å². The first kappa shape index (κ1) is 14.5. The largest absolute Gasteiger partial charge is 0.298 e. The van der Waals surface area contributed by atoms with Crippen molar-refractivity contribution < 1.29 is 4.79 Å². The van der Waals surface area contributed by atoms with E-state index in [0.717, 1.165) is 6.29 Å². The van der Waals surface area contributed by atoms with Gasteiger partial charge in [-0.2, -0.15) is 0 Å². The van der Waals surface area contributed by atoms with Crippen molar-refractivity contribution in [2.45, 2.75) is 0 Å². The van der Waals surface area contributed by atoms with Crippen LogP contribution in [0.5, 0.6) is 0 Å². The lowest BCUT2D eigenvalue weighted by Gasteiger charge is -2.07. The molecule has 0 bridgehead atoms. The zero-order chi connectivity index (χ0) is 14.7. The highest BCUT2D eigenvalue weighted by Gasteiger charge is 2.11. The van der Waals surface area contributed by atoms with E-state index in [9.17, 15) is 4.79 Å². The summed E-state index contributed by atoms with van der Waals surface area (Å²) in [5.74, 6) is 0. The van der Waals surface area contributed by atoms with Gasteiger partial charge in [-0.1, -0.05) is 42.4 Å². The quantitative estimate of drug-likeness (QED) is 0.815. The first-order valence-corrected chi connectivity index (χ1v) is 6.55. The molecule has 0 spiro atoms. The number of halogens is 2. The van der Waals surface area contributed by atoms with Gasteiger partial charge in [0.1, 0.15) is 0 Å². The molecule has 0 radical (unpaired) electrons. The van der Waals surface area contributed by atoms with Crippen LogP contribution in [0, 0.1) is 0 Å². The molecule has 0 atom stereocenters. The summed E-state index contributed by atoms with van der Waals surface area (Å²) in [4.78, 5) is 15.7. The van der Waals surface area contributed by atoms with E-state index in [1.54, 1.807) is 36.4 Å². The van der Waals surface area contributed by atoms with Gasteiger partial charge in [-0.25, -0.2) is 4.98 Å². The molecule has 0 N–H and O–H groups in total. The Morgan fingerprint density at radius 3 is 2.55 bits per heavy atom. The normalized spacial score (nSPS) is 11.4. The SMILES string of the molecule is C=C/C=c1/nc(-c2ccc(Cl)cc2Cl)c(C=O)cc1=C. The summed E-state index contributed by atoms with van der Waals surface area (Å²) in [6.45, 7) is 7.50. The minimum atomic E-state index is 0.431. The van der Waals surface area contributed by atoms with Crippen LogP contribution in [0.15, 0.2) is 36.9 Å². The standard InChI is InChI=1S/C16H11Cl2NO/c1-3-4-15-10(2)7-11(9-20)16(19-15)13-6-5-12(17)8-14(13)18/h3-9H,1-2H2/b15-4+. The molecule has 1 heterocycles. The second kappa shape index (κ2) is 6.04. The van der Waals surface area contributed by atoms with Crippen LogP contribution in [-0.4, -0.2) is 11.3 Å². The summed E-state index contributed by atoms with van der Waals surface area (Å²) < 4.78 is 0. The molecule has 0 aliphatic rings. The molecule has 100 valence electrons. The van der Waals surface area contributed by atoms with E-state index >= 15 is 0 Å². The van der Waals surface area contributed by atoms with E-state index < -0.39 is 0 Å². The number of hydrogen-bond donors (Lipinski definition) is 0. The predicted octanol–water partition coefficient (Wildman–Crippen LogP) is 3.24. The third kappa shape index (κ3) is 2.82. The zero-order valence-electron chi connectivity index (χ0n) is 10.6. The zero-order valence-corrected chi connectivity index (χ0v) is 12.1. The van der Waals surface area contributed by atoms with Crippen molar-refractivity contribution in [2.24, 2.45) is 0 Å². The summed E-state index contributed by atoms with van der Waals surface area (Å²) in [5.41, 5.74) is 1.58. The number of aldehydes is 1. The van der Waals surface area contributed by atoms with Gasteiger partial charge >= 0.3 is 0 Å². The van der Waals surface area contributed by atoms with Crippen LogP contribution in [0.1, 0.15) is 10.4 Å². The fraction of sp³-hybridized carbons (Fsp3) is 0. The average Bonchev–Trinajstić information content (AvgIpc) is 2.41. The van der Waals surface area contributed by atoms with Gasteiger partial charge in [0, 0.05) is 16.1 Å². The fourth-order valence-electron chi connectivity index (χ4n) is 1.83. The smallest absolute Gasteiger partial charge is 0.152 e. The molecule has 2 aromatic rings. The van der Waals surface area contributed by atoms with Crippen LogP contribution < -0.4 is 10.6 Å². The molecule has 0 unspecified atom stereocenters. The van der Waals surface area contributed by atoms with Crippen molar-refractivity contribution in [1.29, 1.82) is 0 Å². The second-order valence-electron chi connectivity index (χ2n) is 4.11. The minimum absolute atomic E-state index is 0.431. The number of benzene rings is 1. The number of carbonyl (C=O) groups excluding carboxylic acids is 1. The Balaban J connectivity index is 2.81. The first-order valence-electron chi connectivity index (χ1n) is 5.80. The summed E-state index contributed by atoms with van der Waals surface area (Å²) in [6.07, 6.45) is 4.08. The lowest BCUT2D eigenvalue weighted by atomic mass is 10.1. The monoisotopic (exact) mass is 303 g/mol. The molecule has 0 aliphatic heterocycles. The fourth-order valence-corrected chi connectivity index (χ4v) is 2.33. The molecule has 20 heavy (non-hydrogen) atoms. The van der Waals surface area contributed by atoms with Crippen LogP contribution in [0.4, 0.5) is 0 Å². The van der Waals surface area contributed by atoms with Gasteiger partial charge in [0.05, 0.1) is 16.1 Å². The van der Waals surface area contributed by atoms with E-state index in [-0.39, 0.29) is 0 Å². The van der Waals surface area contributed by atoms with Gasteiger partial charge in [0.25, 0.3) is 0 Å². The van der Waals surface area contributed by atoms with Gasteiger partial charge in [0.15, 0.2) is 6.29 Å². The number of rotatable bonds is 3. The lowest BCUT2D eigenvalue weighted by molar-refractivity contribution is 0.112. The predicted molar refractivity (Wildman–Crippen MR) is 84.5 cm³/mol. The van der Waals surface area contributed by atoms with E-state index in [0.29, 0.717) is 37.4 Å². The maximum atomic E-state index is 11.2.